The summed E-state index contributed by atoms with van der Waals surface area (Å²) < 4.78 is 10.1. The Morgan fingerprint density at radius 1 is 1.24 bits per heavy atom. The lowest BCUT2D eigenvalue weighted by molar-refractivity contribution is -0.145. The SMILES string of the molecule is CCOC(=O)COc1ccc(/C=N\Nc2nc3ccccc3[nH]2)cc1. The van der Waals surface area contributed by atoms with Crippen LogP contribution in [-0.2, 0) is 9.53 Å². The average molecular weight is 338 g/mol. The lowest BCUT2D eigenvalue weighted by atomic mass is 10.2. The topological polar surface area (TPSA) is 88.6 Å². The van der Waals surface area contributed by atoms with E-state index in [2.05, 4.69) is 20.5 Å². The smallest absolute Gasteiger partial charge is 0.344 e. The number of H-pyrrole nitrogens is 1. The molecule has 1 heterocycles. The number of para-hydroxylation sites is 2. The summed E-state index contributed by atoms with van der Waals surface area (Å²) in [5, 5.41) is 4.15. The van der Waals surface area contributed by atoms with Crippen molar-refractivity contribution in [3.63, 3.8) is 0 Å². The second kappa shape index (κ2) is 7.96. The van der Waals surface area contributed by atoms with Crippen LogP contribution < -0.4 is 10.2 Å². The van der Waals surface area contributed by atoms with Gasteiger partial charge in [0.25, 0.3) is 0 Å². The lowest BCUT2D eigenvalue weighted by Crippen LogP contribution is -2.14. The van der Waals surface area contributed by atoms with E-state index in [1.165, 1.54) is 0 Å². The Bertz CT molecular complexity index is 838. The van der Waals surface area contributed by atoms with Crippen molar-refractivity contribution in [2.75, 3.05) is 18.6 Å². The molecule has 3 aromatic rings. The Morgan fingerprint density at radius 2 is 2.04 bits per heavy atom. The average Bonchev–Trinajstić information content (AvgIpc) is 3.04. The van der Waals surface area contributed by atoms with Gasteiger partial charge in [0.1, 0.15) is 5.75 Å². The first-order chi connectivity index (χ1) is 12.2. The molecule has 128 valence electrons. The molecule has 0 saturated heterocycles. The van der Waals surface area contributed by atoms with E-state index in [1.54, 1.807) is 25.3 Å². The van der Waals surface area contributed by atoms with Crippen molar-refractivity contribution in [1.29, 1.82) is 0 Å². The molecule has 3 rings (SSSR count). The molecule has 7 nitrogen and oxygen atoms in total. The van der Waals surface area contributed by atoms with Gasteiger partial charge in [-0.15, -0.1) is 0 Å². The van der Waals surface area contributed by atoms with Crippen LogP contribution in [0.25, 0.3) is 11.0 Å². The van der Waals surface area contributed by atoms with Crippen LogP contribution in [0.3, 0.4) is 0 Å². The van der Waals surface area contributed by atoms with Gasteiger partial charge in [-0.2, -0.15) is 5.10 Å². The molecule has 0 bridgehead atoms. The minimum Gasteiger partial charge on any atom is -0.482 e. The number of hydrogen-bond acceptors (Lipinski definition) is 6. The van der Waals surface area contributed by atoms with Crippen molar-refractivity contribution in [3.05, 3.63) is 54.1 Å². The highest BCUT2D eigenvalue weighted by atomic mass is 16.6. The number of carbonyl (C=O) groups excluding carboxylic acids is 1. The Labute approximate surface area is 144 Å². The number of esters is 1. The quantitative estimate of drug-likeness (QED) is 0.393. The third-order valence-electron chi connectivity index (χ3n) is 3.32. The Hall–Kier alpha value is -3.35. The van der Waals surface area contributed by atoms with Crippen molar-refractivity contribution in [2.45, 2.75) is 6.92 Å². The van der Waals surface area contributed by atoms with E-state index >= 15 is 0 Å². The summed E-state index contributed by atoms with van der Waals surface area (Å²) in [5.74, 6) is 0.783. The molecule has 0 fully saturated rings. The summed E-state index contributed by atoms with van der Waals surface area (Å²) >= 11 is 0. The second-order valence-electron chi connectivity index (χ2n) is 5.14. The number of anilines is 1. The lowest BCUT2D eigenvalue weighted by Gasteiger charge is -2.05. The van der Waals surface area contributed by atoms with Gasteiger partial charge in [-0.05, 0) is 48.9 Å². The Kier molecular flexibility index (Phi) is 5.26. The monoisotopic (exact) mass is 338 g/mol. The fraction of sp³-hybridized carbons (Fsp3) is 0.167. The largest absolute Gasteiger partial charge is 0.482 e. The van der Waals surface area contributed by atoms with Crippen molar-refractivity contribution < 1.29 is 14.3 Å². The molecule has 0 amide bonds. The molecule has 2 aromatic carbocycles. The van der Waals surface area contributed by atoms with E-state index in [-0.39, 0.29) is 12.6 Å². The fourth-order valence-corrected chi connectivity index (χ4v) is 2.17. The minimum absolute atomic E-state index is 0.102. The van der Waals surface area contributed by atoms with Gasteiger partial charge in [-0.1, -0.05) is 12.1 Å². The van der Waals surface area contributed by atoms with Gasteiger partial charge in [0, 0.05) is 0 Å². The summed E-state index contributed by atoms with van der Waals surface area (Å²) in [5.41, 5.74) is 5.57. The van der Waals surface area contributed by atoms with Crippen LogP contribution in [0.1, 0.15) is 12.5 Å². The van der Waals surface area contributed by atoms with Crippen LogP contribution in [0.5, 0.6) is 5.75 Å². The van der Waals surface area contributed by atoms with Crippen molar-refractivity contribution in [2.24, 2.45) is 5.10 Å². The first kappa shape index (κ1) is 16.5. The summed E-state index contributed by atoms with van der Waals surface area (Å²) in [4.78, 5) is 18.7. The molecule has 0 unspecified atom stereocenters. The van der Waals surface area contributed by atoms with E-state index in [0.29, 0.717) is 18.3 Å². The van der Waals surface area contributed by atoms with E-state index in [9.17, 15) is 4.79 Å². The summed E-state index contributed by atoms with van der Waals surface area (Å²) in [6, 6.07) is 15.0. The van der Waals surface area contributed by atoms with Gasteiger partial charge in [0.05, 0.1) is 23.9 Å². The maximum atomic E-state index is 11.2. The highest BCUT2D eigenvalue weighted by Crippen LogP contribution is 2.13. The van der Waals surface area contributed by atoms with Crippen molar-refractivity contribution in [3.8, 4) is 5.75 Å². The number of benzene rings is 2. The maximum absolute atomic E-state index is 11.2. The number of imidazole rings is 1. The molecule has 0 atom stereocenters. The predicted octanol–water partition coefficient (Wildman–Crippen LogP) is 2.95. The third-order valence-corrected chi connectivity index (χ3v) is 3.32. The number of carbonyl (C=O) groups is 1. The number of nitrogens with zero attached hydrogens (tertiary/aromatic N) is 2. The Balaban J connectivity index is 1.53. The maximum Gasteiger partial charge on any atom is 0.344 e. The van der Waals surface area contributed by atoms with Crippen LogP contribution >= 0.6 is 0 Å². The van der Waals surface area contributed by atoms with E-state index in [1.807, 2.05) is 36.4 Å². The highest BCUT2D eigenvalue weighted by Gasteiger charge is 2.03. The molecule has 0 aliphatic rings. The standard InChI is InChI=1S/C18H18N4O3/c1-2-24-17(23)12-25-14-9-7-13(8-10-14)11-19-22-18-20-15-5-3-4-6-16(15)21-18/h3-11H,2,12H2,1H3,(H2,20,21,22)/b19-11-. The van der Waals surface area contributed by atoms with Crippen molar-refractivity contribution >= 4 is 29.2 Å². The predicted molar refractivity (Wildman–Crippen MR) is 95.9 cm³/mol. The van der Waals surface area contributed by atoms with E-state index < -0.39 is 0 Å². The zero-order chi connectivity index (χ0) is 17.5. The molecule has 1 aromatic heterocycles. The molecular formula is C18H18N4O3. The zero-order valence-corrected chi connectivity index (χ0v) is 13.7. The Morgan fingerprint density at radius 3 is 2.80 bits per heavy atom. The molecular weight excluding hydrogens is 320 g/mol. The number of ether oxygens (including phenoxy) is 2. The molecule has 2 N–H and O–H groups in total. The molecule has 0 aliphatic heterocycles. The summed E-state index contributed by atoms with van der Waals surface area (Å²) in [6.07, 6.45) is 1.67. The number of aromatic nitrogens is 2. The molecule has 25 heavy (non-hydrogen) atoms. The van der Waals surface area contributed by atoms with Gasteiger partial charge in [-0.3, -0.25) is 0 Å². The van der Waals surface area contributed by atoms with Crippen LogP contribution in [-0.4, -0.2) is 35.4 Å². The first-order valence-electron chi connectivity index (χ1n) is 7.87. The summed E-state index contributed by atoms with van der Waals surface area (Å²) in [7, 11) is 0. The van der Waals surface area contributed by atoms with Gasteiger partial charge in [0.2, 0.25) is 5.95 Å². The van der Waals surface area contributed by atoms with Gasteiger partial charge >= 0.3 is 5.97 Å². The number of hydrogen-bond donors (Lipinski definition) is 2. The number of aromatic amines is 1. The van der Waals surface area contributed by atoms with Gasteiger partial charge < -0.3 is 14.5 Å². The minimum atomic E-state index is -0.386. The molecule has 0 aliphatic carbocycles. The summed E-state index contributed by atoms with van der Waals surface area (Å²) in [6.45, 7) is 2.00. The molecule has 7 heteroatoms. The number of hydrazone groups is 1. The van der Waals surface area contributed by atoms with Crippen LogP contribution in [0, 0.1) is 0 Å². The second-order valence-corrected chi connectivity index (χ2v) is 5.14. The van der Waals surface area contributed by atoms with Crippen LogP contribution in [0.15, 0.2) is 53.6 Å². The van der Waals surface area contributed by atoms with Crippen LogP contribution in [0.4, 0.5) is 5.95 Å². The molecule has 0 radical (unpaired) electrons. The van der Waals surface area contributed by atoms with Crippen molar-refractivity contribution in [1.82, 2.24) is 9.97 Å². The number of fused-ring (bicyclic) bond motifs is 1. The normalized spacial score (nSPS) is 10.9. The fourth-order valence-electron chi connectivity index (χ4n) is 2.17. The number of rotatable bonds is 7. The zero-order valence-electron chi connectivity index (χ0n) is 13.7. The van der Waals surface area contributed by atoms with Gasteiger partial charge in [-0.25, -0.2) is 15.2 Å². The molecule has 0 spiro atoms. The number of nitrogens with one attached hydrogen (secondary N) is 2. The van der Waals surface area contributed by atoms with Gasteiger partial charge in [0.15, 0.2) is 6.61 Å². The van der Waals surface area contributed by atoms with E-state index in [4.69, 9.17) is 9.47 Å². The van der Waals surface area contributed by atoms with Crippen LogP contribution in [0.2, 0.25) is 0 Å². The van der Waals surface area contributed by atoms with E-state index in [0.717, 1.165) is 16.6 Å². The first-order valence-corrected chi connectivity index (χ1v) is 7.87. The highest BCUT2D eigenvalue weighted by molar-refractivity contribution is 5.81. The third kappa shape index (κ3) is 4.57. The molecule has 0 saturated carbocycles.